The first kappa shape index (κ1) is 13.9. The lowest BCUT2D eigenvalue weighted by molar-refractivity contribution is 0.658. The minimum absolute atomic E-state index is 0.0540. The van der Waals surface area contributed by atoms with Gasteiger partial charge in [-0.25, -0.2) is 0 Å². The van der Waals surface area contributed by atoms with Crippen LogP contribution in [-0.2, 0) is 5.41 Å². The molecule has 21 heavy (non-hydrogen) atoms. The third-order valence-electron chi connectivity index (χ3n) is 4.86. The second-order valence-electron chi connectivity index (χ2n) is 6.17. The maximum atomic E-state index is 2.38. The number of hydrogen-bond donors (Lipinski definition) is 0. The Kier molecular flexibility index (Phi) is 3.55. The van der Waals surface area contributed by atoms with Gasteiger partial charge >= 0.3 is 0 Å². The van der Waals surface area contributed by atoms with Crippen molar-refractivity contribution in [1.82, 2.24) is 0 Å². The molecule has 0 N–H and O–H groups in total. The van der Waals surface area contributed by atoms with Crippen LogP contribution in [-0.4, -0.2) is 0 Å². The molecule has 1 aliphatic carbocycles. The van der Waals surface area contributed by atoms with Gasteiger partial charge in [-0.1, -0.05) is 83.5 Å². The summed E-state index contributed by atoms with van der Waals surface area (Å²) in [5, 5.41) is 0. The lowest BCUT2D eigenvalue weighted by Gasteiger charge is -2.33. The van der Waals surface area contributed by atoms with Crippen LogP contribution in [0.4, 0.5) is 0 Å². The number of allylic oxidation sites excluding steroid dienone is 4. The molecule has 0 atom stereocenters. The van der Waals surface area contributed by atoms with Crippen molar-refractivity contribution in [3.8, 4) is 0 Å². The lowest BCUT2D eigenvalue weighted by atomic mass is 9.70. The van der Waals surface area contributed by atoms with Crippen LogP contribution < -0.4 is 0 Å². The topological polar surface area (TPSA) is 0 Å². The van der Waals surface area contributed by atoms with Crippen molar-refractivity contribution < 1.29 is 0 Å². The number of benzene rings is 2. The zero-order chi connectivity index (χ0) is 14.9. The van der Waals surface area contributed by atoms with E-state index in [0.717, 1.165) is 6.42 Å². The fourth-order valence-corrected chi connectivity index (χ4v) is 3.26. The summed E-state index contributed by atoms with van der Waals surface area (Å²) in [7, 11) is 0. The molecule has 3 rings (SSSR count). The van der Waals surface area contributed by atoms with Crippen molar-refractivity contribution in [3.63, 3.8) is 0 Å². The van der Waals surface area contributed by atoms with Gasteiger partial charge in [-0.3, -0.25) is 0 Å². The minimum atomic E-state index is -0.0540. The average molecular weight is 274 g/mol. The molecule has 0 aliphatic heterocycles. The smallest absolute Gasteiger partial charge is 0.0389 e. The summed E-state index contributed by atoms with van der Waals surface area (Å²) in [6, 6.07) is 21.7. The third-order valence-corrected chi connectivity index (χ3v) is 4.86. The lowest BCUT2D eigenvalue weighted by Crippen LogP contribution is -2.26. The monoisotopic (exact) mass is 274 g/mol. The van der Waals surface area contributed by atoms with Gasteiger partial charge in [0, 0.05) is 5.41 Å². The molecule has 0 nitrogen and oxygen atoms in total. The van der Waals surface area contributed by atoms with E-state index in [1.54, 1.807) is 0 Å². The predicted molar refractivity (Wildman–Crippen MR) is 90.4 cm³/mol. The third kappa shape index (κ3) is 2.35. The highest BCUT2D eigenvalue weighted by Crippen LogP contribution is 2.44. The standard InChI is InChI=1S/C21H22/c1-16-14-20(15-17(16)2)21(3,18-10-6-4-7-11-18)19-12-8-5-9-13-19/h4-14H,15H2,1-3H3. The highest BCUT2D eigenvalue weighted by atomic mass is 14.4. The second-order valence-corrected chi connectivity index (χ2v) is 6.17. The number of rotatable bonds is 3. The molecule has 0 aromatic heterocycles. The van der Waals surface area contributed by atoms with E-state index >= 15 is 0 Å². The van der Waals surface area contributed by atoms with Gasteiger partial charge in [-0.05, 0) is 38.3 Å². The summed E-state index contributed by atoms with van der Waals surface area (Å²) in [5.41, 5.74) is 7.08. The zero-order valence-electron chi connectivity index (χ0n) is 13.1. The van der Waals surface area contributed by atoms with E-state index in [1.165, 1.54) is 27.8 Å². The SMILES string of the molecule is CC1=C(C)CC(C(C)(c2ccccc2)c2ccccc2)=C1. The minimum Gasteiger partial charge on any atom is -0.0663 e. The Morgan fingerprint density at radius 3 is 1.62 bits per heavy atom. The van der Waals surface area contributed by atoms with Gasteiger partial charge in [0.2, 0.25) is 0 Å². The van der Waals surface area contributed by atoms with Crippen molar-refractivity contribution in [2.45, 2.75) is 32.6 Å². The average Bonchev–Trinajstić information content (AvgIpc) is 2.88. The molecule has 0 radical (unpaired) electrons. The number of hydrogen-bond acceptors (Lipinski definition) is 0. The van der Waals surface area contributed by atoms with Crippen LogP contribution in [0.3, 0.4) is 0 Å². The molecule has 0 spiro atoms. The Bertz CT molecular complexity index is 648. The summed E-state index contributed by atoms with van der Waals surface area (Å²) >= 11 is 0. The Hall–Kier alpha value is -2.08. The molecule has 0 amide bonds. The van der Waals surface area contributed by atoms with Gasteiger partial charge in [0.05, 0.1) is 0 Å². The molecule has 0 heteroatoms. The summed E-state index contributed by atoms with van der Waals surface area (Å²) in [5.74, 6) is 0. The fraction of sp³-hybridized carbons (Fsp3) is 0.238. The second kappa shape index (κ2) is 5.37. The van der Waals surface area contributed by atoms with Gasteiger partial charge in [0.15, 0.2) is 0 Å². The Morgan fingerprint density at radius 2 is 1.24 bits per heavy atom. The van der Waals surface area contributed by atoms with E-state index in [-0.39, 0.29) is 5.41 Å². The Labute approximate surface area is 127 Å². The van der Waals surface area contributed by atoms with E-state index < -0.39 is 0 Å². The molecule has 1 aliphatic rings. The van der Waals surface area contributed by atoms with E-state index in [9.17, 15) is 0 Å². The maximum Gasteiger partial charge on any atom is 0.0389 e. The molecule has 106 valence electrons. The molecule has 0 heterocycles. The molecular formula is C21H22. The first-order valence-electron chi connectivity index (χ1n) is 7.61. The maximum absolute atomic E-state index is 2.38. The predicted octanol–water partition coefficient (Wildman–Crippen LogP) is 5.66. The van der Waals surface area contributed by atoms with Gasteiger partial charge in [-0.15, -0.1) is 0 Å². The van der Waals surface area contributed by atoms with Gasteiger partial charge in [0.1, 0.15) is 0 Å². The highest BCUT2D eigenvalue weighted by molar-refractivity contribution is 5.53. The largest absolute Gasteiger partial charge is 0.0663 e. The highest BCUT2D eigenvalue weighted by Gasteiger charge is 2.34. The molecule has 2 aromatic rings. The van der Waals surface area contributed by atoms with Crippen LogP contribution in [0.1, 0.15) is 38.3 Å². The molecule has 0 bridgehead atoms. The van der Waals surface area contributed by atoms with Crippen molar-refractivity contribution in [3.05, 3.63) is 94.6 Å². The molecule has 0 saturated carbocycles. The van der Waals surface area contributed by atoms with Crippen molar-refractivity contribution in [2.75, 3.05) is 0 Å². The fourth-order valence-electron chi connectivity index (χ4n) is 3.26. The van der Waals surface area contributed by atoms with E-state index in [0.29, 0.717) is 0 Å². The quantitative estimate of drug-likeness (QED) is 0.677. The van der Waals surface area contributed by atoms with Crippen LogP contribution in [0.25, 0.3) is 0 Å². The van der Waals surface area contributed by atoms with Gasteiger partial charge in [0.25, 0.3) is 0 Å². The Balaban J connectivity index is 2.16. The van der Waals surface area contributed by atoms with Crippen LogP contribution in [0.15, 0.2) is 83.5 Å². The Morgan fingerprint density at radius 1 is 0.762 bits per heavy atom. The van der Waals surface area contributed by atoms with Crippen molar-refractivity contribution in [2.24, 2.45) is 0 Å². The summed E-state index contributed by atoms with van der Waals surface area (Å²) in [6.07, 6.45) is 3.46. The van der Waals surface area contributed by atoms with Crippen LogP contribution in [0.5, 0.6) is 0 Å². The molecular weight excluding hydrogens is 252 g/mol. The van der Waals surface area contributed by atoms with Crippen LogP contribution in [0, 0.1) is 0 Å². The van der Waals surface area contributed by atoms with E-state index in [1.807, 2.05) is 0 Å². The van der Waals surface area contributed by atoms with Crippen molar-refractivity contribution in [1.29, 1.82) is 0 Å². The summed E-state index contributed by atoms with van der Waals surface area (Å²) in [6.45, 7) is 6.82. The van der Waals surface area contributed by atoms with Crippen LogP contribution in [0.2, 0.25) is 0 Å². The normalized spacial score (nSPS) is 15.3. The van der Waals surface area contributed by atoms with Crippen LogP contribution >= 0.6 is 0 Å². The van der Waals surface area contributed by atoms with E-state index in [2.05, 4.69) is 87.5 Å². The van der Waals surface area contributed by atoms with Gasteiger partial charge in [-0.2, -0.15) is 0 Å². The molecule has 0 unspecified atom stereocenters. The summed E-state index contributed by atoms with van der Waals surface area (Å²) < 4.78 is 0. The van der Waals surface area contributed by atoms with Gasteiger partial charge < -0.3 is 0 Å². The van der Waals surface area contributed by atoms with E-state index in [4.69, 9.17) is 0 Å². The molecule has 0 fully saturated rings. The molecule has 0 saturated heterocycles. The zero-order valence-corrected chi connectivity index (χ0v) is 13.1. The molecule has 2 aromatic carbocycles. The first-order valence-corrected chi connectivity index (χ1v) is 7.61. The summed E-state index contributed by atoms with van der Waals surface area (Å²) in [4.78, 5) is 0. The first-order chi connectivity index (χ1) is 10.1. The van der Waals surface area contributed by atoms with Crippen molar-refractivity contribution >= 4 is 0 Å².